The minimum absolute atomic E-state index is 0.0200. The maximum atomic E-state index is 12.7. The van der Waals surface area contributed by atoms with E-state index in [0.717, 1.165) is 16.1 Å². The molecule has 0 atom stereocenters. The number of benzene rings is 2. The largest absolute Gasteiger partial charge is 0.304 e. The molecular formula is C20H17NOS. The number of amides is 1. The Labute approximate surface area is 140 Å². The van der Waals surface area contributed by atoms with Gasteiger partial charge < -0.3 is 4.90 Å². The van der Waals surface area contributed by atoms with Crippen LogP contribution in [0.4, 0.5) is 5.69 Å². The minimum Gasteiger partial charge on any atom is -0.304 e. The number of nitrogens with zero attached hydrogens (tertiary/aromatic N) is 1. The van der Waals surface area contributed by atoms with Gasteiger partial charge in [-0.25, -0.2) is 0 Å². The number of carbonyl (C=O) groups is 1. The molecule has 23 heavy (non-hydrogen) atoms. The van der Waals surface area contributed by atoms with Crippen molar-refractivity contribution < 1.29 is 4.79 Å². The fourth-order valence-electron chi connectivity index (χ4n) is 2.28. The van der Waals surface area contributed by atoms with E-state index in [9.17, 15) is 4.79 Å². The summed E-state index contributed by atoms with van der Waals surface area (Å²) in [5.74, 6) is -0.0200. The van der Waals surface area contributed by atoms with Gasteiger partial charge in [-0.1, -0.05) is 54.6 Å². The van der Waals surface area contributed by atoms with Crippen LogP contribution in [0.1, 0.15) is 10.4 Å². The smallest absolute Gasteiger partial charge is 0.251 e. The quantitative estimate of drug-likeness (QED) is 0.606. The number of carbonyl (C=O) groups excluding carboxylic acids is 1. The van der Waals surface area contributed by atoms with E-state index in [1.54, 1.807) is 22.3 Å². The highest BCUT2D eigenvalue weighted by atomic mass is 32.1. The first-order valence-electron chi connectivity index (χ1n) is 7.45. The molecule has 0 aliphatic rings. The molecule has 0 fully saturated rings. The Hall–Kier alpha value is -2.65. The van der Waals surface area contributed by atoms with Gasteiger partial charge in [0.05, 0.1) is 6.54 Å². The molecule has 0 saturated heterocycles. The van der Waals surface area contributed by atoms with E-state index in [1.807, 2.05) is 78.2 Å². The predicted molar refractivity (Wildman–Crippen MR) is 97.4 cm³/mol. The molecule has 0 radical (unpaired) electrons. The molecule has 114 valence electrons. The van der Waals surface area contributed by atoms with Gasteiger partial charge in [0.1, 0.15) is 0 Å². The SMILES string of the molecule is O=C(C=Cc1ccccc1)N(Cc1cccs1)c1ccccc1. The Bertz CT molecular complexity index is 764. The summed E-state index contributed by atoms with van der Waals surface area (Å²) in [6.07, 6.45) is 3.49. The monoisotopic (exact) mass is 319 g/mol. The molecule has 0 aliphatic heterocycles. The second-order valence-corrected chi connectivity index (χ2v) is 6.12. The second kappa shape index (κ2) is 7.56. The van der Waals surface area contributed by atoms with Crippen molar-refractivity contribution in [2.24, 2.45) is 0 Å². The van der Waals surface area contributed by atoms with Crippen molar-refractivity contribution in [1.82, 2.24) is 0 Å². The fraction of sp³-hybridized carbons (Fsp3) is 0.0500. The van der Waals surface area contributed by atoms with Gasteiger partial charge in [0.15, 0.2) is 0 Å². The third-order valence-corrected chi connectivity index (χ3v) is 4.31. The van der Waals surface area contributed by atoms with E-state index in [-0.39, 0.29) is 5.91 Å². The number of para-hydroxylation sites is 1. The van der Waals surface area contributed by atoms with Gasteiger partial charge in [0, 0.05) is 16.6 Å². The van der Waals surface area contributed by atoms with E-state index in [1.165, 1.54) is 0 Å². The molecule has 2 nitrogen and oxygen atoms in total. The highest BCUT2D eigenvalue weighted by Gasteiger charge is 2.14. The van der Waals surface area contributed by atoms with Gasteiger partial charge in [-0.15, -0.1) is 11.3 Å². The van der Waals surface area contributed by atoms with Crippen LogP contribution in [0.25, 0.3) is 6.08 Å². The molecule has 2 aromatic carbocycles. The van der Waals surface area contributed by atoms with Gasteiger partial charge in [-0.05, 0) is 35.2 Å². The zero-order valence-corrected chi connectivity index (χ0v) is 13.4. The van der Waals surface area contributed by atoms with Crippen LogP contribution in [0.5, 0.6) is 0 Å². The van der Waals surface area contributed by atoms with Gasteiger partial charge in [0.25, 0.3) is 5.91 Å². The van der Waals surface area contributed by atoms with Crippen molar-refractivity contribution >= 4 is 29.0 Å². The summed E-state index contributed by atoms with van der Waals surface area (Å²) < 4.78 is 0. The molecular weight excluding hydrogens is 302 g/mol. The van der Waals surface area contributed by atoms with Gasteiger partial charge in [0.2, 0.25) is 0 Å². The molecule has 0 saturated carbocycles. The van der Waals surface area contributed by atoms with Crippen LogP contribution in [0.2, 0.25) is 0 Å². The molecule has 3 aromatic rings. The lowest BCUT2D eigenvalue weighted by Gasteiger charge is -2.20. The molecule has 0 N–H and O–H groups in total. The average molecular weight is 319 g/mol. The van der Waals surface area contributed by atoms with Crippen LogP contribution >= 0.6 is 11.3 Å². The number of hydrogen-bond acceptors (Lipinski definition) is 2. The summed E-state index contributed by atoms with van der Waals surface area (Å²) in [6, 6.07) is 23.7. The van der Waals surface area contributed by atoms with E-state index < -0.39 is 0 Å². The zero-order valence-electron chi connectivity index (χ0n) is 12.6. The van der Waals surface area contributed by atoms with E-state index in [2.05, 4.69) is 6.07 Å². The summed E-state index contributed by atoms with van der Waals surface area (Å²) >= 11 is 1.66. The third kappa shape index (κ3) is 4.18. The van der Waals surface area contributed by atoms with Crippen LogP contribution in [-0.4, -0.2) is 5.91 Å². The third-order valence-electron chi connectivity index (χ3n) is 3.45. The first kappa shape index (κ1) is 15.3. The Kier molecular flexibility index (Phi) is 5.02. The van der Waals surface area contributed by atoms with E-state index in [0.29, 0.717) is 6.54 Å². The molecule has 3 rings (SSSR count). The van der Waals surface area contributed by atoms with Crippen LogP contribution < -0.4 is 4.90 Å². The van der Waals surface area contributed by atoms with Crippen molar-refractivity contribution in [2.75, 3.05) is 4.90 Å². The van der Waals surface area contributed by atoms with Crippen LogP contribution in [0.15, 0.2) is 84.3 Å². The summed E-state index contributed by atoms with van der Waals surface area (Å²) in [6.45, 7) is 0.583. The van der Waals surface area contributed by atoms with E-state index >= 15 is 0 Å². The van der Waals surface area contributed by atoms with Gasteiger partial charge in [-0.2, -0.15) is 0 Å². The van der Waals surface area contributed by atoms with Crippen LogP contribution in [0.3, 0.4) is 0 Å². The highest BCUT2D eigenvalue weighted by Crippen LogP contribution is 2.20. The average Bonchev–Trinajstić information content (AvgIpc) is 3.12. The summed E-state index contributed by atoms with van der Waals surface area (Å²) in [5.41, 5.74) is 1.92. The Morgan fingerprint density at radius 1 is 0.913 bits per heavy atom. The molecule has 0 unspecified atom stereocenters. The van der Waals surface area contributed by atoms with Crippen LogP contribution in [0, 0.1) is 0 Å². The van der Waals surface area contributed by atoms with E-state index in [4.69, 9.17) is 0 Å². The summed E-state index contributed by atoms with van der Waals surface area (Å²) in [7, 11) is 0. The highest BCUT2D eigenvalue weighted by molar-refractivity contribution is 7.09. The fourth-order valence-corrected chi connectivity index (χ4v) is 2.98. The summed E-state index contributed by atoms with van der Waals surface area (Å²) in [5, 5.41) is 2.03. The normalized spacial score (nSPS) is 10.8. The lowest BCUT2D eigenvalue weighted by atomic mass is 10.2. The zero-order chi connectivity index (χ0) is 15.9. The number of anilines is 1. The van der Waals surface area contributed by atoms with Crippen LogP contribution in [-0.2, 0) is 11.3 Å². The number of hydrogen-bond donors (Lipinski definition) is 0. The van der Waals surface area contributed by atoms with Gasteiger partial charge >= 0.3 is 0 Å². The van der Waals surface area contributed by atoms with Gasteiger partial charge in [-0.3, -0.25) is 4.79 Å². The topological polar surface area (TPSA) is 20.3 Å². The molecule has 3 heteroatoms. The molecule has 1 amide bonds. The maximum Gasteiger partial charge on any atom is 0.251 e. The predicted octanol–water partition coefficient (Wildman–Crippen LogP) is 4.99. The first-order chi connectivity index (χ1) is 11.3. The second-order valence-electron chi connectivity index (χ2n) is 5.08. The lowest BCUT2D eigenvalue weighted by Crippen LogP contribution is -2.28. The molecule has 1 heterocycles. The lowest BCUT2D eigenvalue weighted by molar-refractivity contribution is -0.114. The Morgan fingerprint density at radius 3 is 2.26 bits per heavy atom. The van der Waals surface area contributed by atoms with Crippen molar-refractivity contribution in [3.05, 3.63) is 94.7 Å². The maximum absolute atomic E-state index is 12.7. The first-order valence-corrected chi connectivity index (χ1v) is 8.33. The Balaban J connectivity index is 1.82. The van der Waals surface area contributed by atoms with Crippen molar-refractivity contribution in [3.8, 4) is 0 Å². The standard InChI is InChI=1S/C20H17NOS/c22-20(14-13-17-8-3-1-4-9-17)21(16-19-12-7-15-23-19)18-10-5-2-6-11-18/h1-15H,16H2. The van der Waals surface area contributed by atoms with Crippen molar-refractivity contribution in [2.45, 2.75) is 6.54 Å². The molecule has 0 spiro atoms. The minimum atomic E-state index is -0.0200. The Morgan fingerprint density at radius 2 is 1.61 bits per heavy atom. The molecule has 0 bridgehead atoms. The number of rotatable bonds is 5. The summed E-state index contributed by atoms with van der Waals surface area (Å²) in [4.78, 5) is 15.6. The number of thiophene rings is 1. The molecule has 0 aliphatic carbocycles. The molecule has 1 aromatic heterocycles. The van der Waals surface area contributed by atoms with Crippen molar-refractivity contribution in [3.63, 3.8) is 0 Å². The van der Waals surface area contributed by atoms with Crippen molar-refractivity contribution in [1.29, 1.82) is 0 Å².